The molecule has 2 amide bonds. The summed E-state index contributed by atoms with van der Waals surface area (Å²) in [7, 11) is 1.60. The Morgan fingerprint density at radius 3 is 2.82 bits per heavy atom. The first-order chi connectivity index (χ1) is 13.6. The average Bonchev–Trinajstić information content (AvgIpc) is 3.33. The number of carbonyl (C=O) groups is 2. The molecule has 0 bridgehead atoms. The summed E-state index contributed by atoms with van der Waals surface area (Å²) in [5, 5.41) is 6.93. The van der Waals surface area contributed by atoms with Crippen molar-refractivity contribution < 1.29 is 18.8 Å². The third kappa shape index (κ3) is 3.72. The van der Waals surface area contributed by atoms with Gasteiger partial charge in [-0.3, -0.25) is 9.59 Å². The smallest absolute Gasteiger partial charge is 0.227 e. The van der Waals surface area contributed by atoms with Crippen LogP contribution >= 0.6 is 0 Å². The van der Waals surface area contributed by atoms with Crippen molar-refractivity contribution in [1.82, 2.24) is 20.4 Å². The van der Waals surface area contributed by atoms with E-state index in [0.29, 0.717) is 49.8 Å². The lowest BCUT2D eigenvalue weighted by molar-refractivity contribution is -0.133. The van der Waals surface area contributed by atoms with Crippen LogP contribution < -0.4 is 10.1 Å². The Morgan fingerprint density at radius 2 is 2.11 bits per heavy atom. The van der Waals surface area contributed by atoms with Crippen LogP contribution in [0.5, 0.6) is 5.75 Å². The van der Waals surface area contributed by atoms with Gasteiger partial charge >= 0.3 is 0 Å². The summed E-state index contributed by atoms with van der Waals surface area (Å²) in [6, 6.07) is 7.46. The Balaban J connectivity index is 1.31. The van der Waals surface area contributed by atoms with Crippen LogP contribution in [0.15, 0.2) is 28.8 Å². The van der Waals surface area contributed by atoms with Gasteiger partial charge in [0.1, 0.15) is 5.75 Å². The van der Waals surface area contributed by atoms with E-state index in [1.807, 2.05) is 29.2 Å². The summed E-state index contributed by atoms with van der Waals surface area (Å²) in [6.07, 6.45) is 3.06. The van der Waals surface area contributed by atoms with Gasteiger partial charge in [0.05, 0.1) is 12.7 Å². The van der Waals surface area contributed by atoms with E-state index >= 15 is 0 Å². The van der Waals surface area contributed by atoms with Crippen LogP contribution in [0.4, 0.5) is 0 Å². The number of likely N-dealkylation sites (tertiary alicyclic amines) is 1. The van der Waals surface area contributed by atoms with Crippen molar-refractivity contribution in [2.45, 2.75) is 32.1 Å². The summed E-state index contributed by atoms with van der Waals surface area (Å²) in [5.41, 5.74) is 0.802. The third-order valence-corrected chi connectivity index (χ3v) is 5.74. The first-order valence-corrected chi connectivity index (χ1v) is 9.59. The number of rotatable bonds is 5. The summed E-state index contributed by atoms with van der Waals surface area (Å²) in [5.74, 6) is 1.78. The molecule has 2 aliphatic rings. The zero-order chi connectivity index (χ0) is 19.6. The minimum Gasteiger partial charge on any atom is -0.496 e. The molecule has 1 aromatic heterocycles. The first kappa shape index (κ1) is 18.5. The number of ether oxygens (including phenoxy) is 1. The van der Waals surface area contributed by atoms with Crippen molar-refractivity contribution in [2.24, 2.45) is 5.41 Å². The molecule has 2 aliphatic heterocycles. The number of amides is 2. The Hall–Kier alpha value is -2.90. The van der Waals surface area contributed by atoms with Gasteiger partial charge in [0.15, 0.2) is 0 Å². The van der Waals surface area contributed by atoms with Gasteiger partial charge in [0.25, 0.3) is 0 Å². The highest BCUT2D eigenvalue weighted by atomic mass is 16.5. The number of piperidine rings is 1. The molecular weight excluding hydrogens is 360 g/mol. The number of hydrogen-bond acceptors (Lipinski definition) is 6. The van der Waals surface area contributed by atoms with Gasteiger partial charge in [-0.25, -0.2) is 0 Å². The van der Waals surface area contributed by atoms with Gasteiger partial charge in [-0.05, 0) is 30.4 Å². The standard InChI is InChI=1S/C20H24N4O4/c1-27-15-5-3-2-4-14(15)19-22-17(28-23-19)6-7-18(26)24-10-8-20(9-11-24)12-16(25)21-13-20/h2-5H,6-13H2,1H3,(H,21,25). The number of benzene rings is 1. The maximum absolute atomic E-state index is 12.5. The number of hydrogen-bond donors (Lipinski definition) is 1. The monoisotopic (exact) mass is 384 g/mol. The predicted octanol–water partition coefficient (Wildman–Crippen LogP) is 1.81. The average molecular weight is 384 g/mol. The van der Waals surface area contributed by atoms with E-state index in [0.717, 1.165) is 24.9 Å². The van der Waals surface area contributed by atoms with Gasteiger partial charge in [0, 0.05) is 38.9 Å². The molecule has 1 aromatic carbocycles. The van der Waals surface area contributed by atoms with Gasteiger partial charge < -0.3 is 19.5 Å². The minimum atomic E-state index is 0.0456. The molecule has 4 rings (SSSR count). The van der Waals surface area contributed by atoms with Crippen LogP contribution in [0.25, 0.3) is 11.4 Å². The van der Waals surface area contributed by atoms with Crippen molar-refractivity contribution in [1.29, 1.82) is 0 Å². The number of carbonyl (C=O) groups excluding carboxylic acids is 2. The second kappa shape index (κ2) is 7.61. The molecule has 0 radical (unpaired) electrons. The van der Waals surface area contributed by atoms with Crippen molar-refractivity contribution in [3.8, 4) is 17.1 Å². The van der Waals surface area contributed by atoms with Gasteiger partial charge in [-0.2, -0.15) is 4.98 Å². The molecule has 28 heavy (non-hydrogen) atoms. The summed E-state index contributed by atoms with van der Waals surface area (Å²) in [6.45, 7) is 2.13. The number of para-hydroxylation sites is 1. The van der Waals surface area contributed by atoms with E-state index in [-0.39, 0.29) is 17.2 Å². The molecule has 2 saturated heterocycles. The number of aryl methyl sites for hydroxylation is 1. The molecule has 0 atom stereocenters. The first-order valence-electron chi connectivity index (χ1n) is 9.59. The van der Waals surface area contributed by atoms with Gasteiger partial charge in [-0.15, -0.1) is 0 Å². The highest BCUT2D eigenvalue weighted by Gasteiger charge is 2.41. The molecule has 0 unspecified atom stereocenters. The van der Waals surface area contributed by atoms with Crippen LogP contribution in [0.3, 0.4) is 0 Å². The Kier molecular flexibility index (Phi) is 5.02. The Morgan fingerprint density at radius 1 is 1.32 bits per heavy atom. The highest BCUT2D eigenvalue weighted by Crippen LogP contribution is 2.37. The fourth-order valence-corrected chi connectivity index (χ4v) is 4.00. The molecule has 2 fully saturated rings. The second-order valence-electron chi connectivity index (χ2n) is 7.55. The lowest BCUT2D eigenvalue weighted by atomic mass is 9.77. The second-order valence-corrected chi connectivity index (χ2v) is 7.55. The molecule has 2 aromatic rings. The highest BCUT2D eigenvalue weighted by molar-refractivity contribution is 5.79. The fraction of sp³-hybridized carbons (Fsp3) is 0.500. The predicted molar refractivity (Wildman–Crippen MR) is 100 cm³/mol. The largest absolute Gasteiger partial charge is 0.496 e. The topological polar surface area (TPSA) is 97.6 Å². The summed E-state index contributed by atoms with van der Waals surface area (Å²) in [4.78, 5) is 30.3. The van der Waals surface area contributed by atoms with Crippen molar-refractivity contribution in [3.05, 3.63) is 30.2 Å². The quantitative estimate of drug-likeness (QED) is 0.844. The summed E-state index contributed by atoms with van der Waals surface area (Å²) < 4.78 is 10.6. The van der Waals surface area contributed by atoms with E-state index in [1.165, 1.54) is 0 Å². The van der Waals surface area contributed by atoms with E-state index < -0.39 is 0 Å². The maximum atomic E-state index is 12.5. The molecule has 148 valence electrons. The van der Waals surface area contributed by atoms with Crippen LogP contribution in [-0.2, 0) is 16.0 Å². The molecule has 1 spiro atoms. The zero-order valence-corrected chi connectivity index (χ0v) is 15.9. The molecule has 1 N–H and O–H groups in total. The number of aromatic nitrogens is 2. The van der Waals surface area contributed by atoms with Crippen molar-refractivity contribution in [2.75, 3.05) is 26.7 Å². The minimum absolute atomic E-state index is 0.0456. The molecule has 0 saturated carbocycles. The number of methoxy groups -OCH3 is 1. The van der Waals surface area contributed by atoms with Gasteiger partial charge in [-0.1, -0.05) is 17.3 Å². The zero-order valence-electron chi connectivity index (χ0n) is 15.9. The Labute approximate surface area is 163 Å². The van der Waals surface area contributed by atoms with Crippen molar-refractivity contribution >= 4 is 11.8 Å². The molecule has 8 nitrogen and oxygen atoms in total. The third-order valence-electron chi connectivity index (χ3n) is 5.74. The van der Waals surface area contributed by atoms with Gasteiger partial charge in [0.2, 0.25) is 23.5 Å². The molecule has 8 heteroatoms. The van der Waals surface area contributed by atoms with Crippen molar-refractivity contribution in [3.63, 3.8) is 0 Å². The molecule has 0 aliphatic carbocycles. The maximum Gasteiger partial charge on any atom is 0.227 e. The lowest BCUT2D eigenvalue weighted by Crippen LogP contribution is -2.44. The van der Waals surface area contributed by atoms with Crippen LogP contribution in [0.1, 0.15) is 31.6 Å². The SMILES string of the molecule is COc1ccccc1-c1noc(CCC(=O)N2CCC3(CC2)CNC(=O)C3)n1. The number of nitrogens with zero attached hydrogens (tertiary/aromatic N) is 3. The van der Waals surface area contributed by atoms with Crippen LogP contribution in [0.2, 0.25) is 0 Å². The van der Waals surface area contributed by atoms with E-state index in [4.69, 9.17) is 9.26 Å². The fourth-order valence-electron chi connectivity index (χ4n) is 4.00. The van der Waals surface area contributed by atoms with E-state index in [2.05, 4.69) is 15.5 Å². The number of nitrogens with one attached hydrogen (secondary N) is 1. The van der Waals surface area contributed by atoms with Crippen LogP contribution in [-0.4, -0.2) is 53.6 Å². The lowest BCUT2D eigenvalue weighted by Gasteiger charge is -2.38. The van der Waals surface area contributed by atoms with E-state index in [1.54, 1.807) is 7.11 Å². The normalized spacial score (nSPS) is 18.3. The molecular formula is C20H24N4O4. The summed E-state index contributed by atoms with van der Waals surface area (Å²) >= 11 is 0. The van der Waals surface area contributed by atoms with E-state index in [9.17, 15) is 9.59 Å². The molecule has 3 heterocycles. The Bertz CT molecular complexity index is 871. The van der Waals surface area contributed by atoms with Crippen LogP contribution in [0, 0.1) is 5.41 Å².